The van der Waals surface area contributed by atoms with Crippen LogP contribution in [0.4, 0.5) is 4.39 Å². The van der Waals surface area contributed by atoms with E-state index in [1.807, 2.05) is 40.0 Å². The maximum atomic E-state index is 14.2. The van der Waals surface area contributed by atoms with Crippen LogP contribution >= 0.6 is 0 Å². The molecule has 1 unspecified atom stereocenters. The minimum atomic E-state index is -0.177. The number of rotatable bonds is 3. The maximum Gasteiger partial charge on any atom is 0.128 e. The Hall–Kier alpha value is -1.61. The topological polar surface area (TPSA) is 25.2 Å². The molecule has 0 fully saturated rings. The molecule has 18 heavy (non-hydrogen) atoms. The Balaban J connectivity index is 2.56. The first-order valence-electron chi connectivity index (χ1n) is 6.02. The van der Waals surface area contributed by atoms with Crippen LogP contribution in [0.15, 0.2) is 28.9 Å². The Morgan fingerprint density at radius 3 is 2.44 bits per heavy atom. The molecule has 1 atom stereocenters. The Labute approximate surface area is 107 Å². The lowest BCUT2D eigenvalue weighted by molar-refractivity contribution is 0.518. The number of furan rings is 1. The van der Waals surface area contributed by atoms with Crippen molar-refractivity contribution in [2.24, 2.45) is 0 Å². The van der Waals surface area contributed by atoms with E-state index in [9.17, 15) is 4.39 Å². The Morgan fingerprint density at radius 1 is 1.22 bits per heavy atom. The van der Waals surface area contributed by atoms with E-state index < -0.39 is 0 Å². The second-order valence-electron chi connectivity index (χ2n) is 4.63. The summed E-state index contributed by atoms with van der Waals surface area (Å²) in [4.78, 5) is 0. The standard InChI is InChI=1S/C15H18FNO/c1-9-7-10(2)14(13(16)8-9)15(17-4)12-5-6-18-11(12)3/h5-8,15,17H,1-4H3. The van der Waals surface area contributed by atoms with Gasteiger partial charge in [-0.15, -0.1) is 0 Å². The predicted octanol–water partition coefficient (Wildman–Crippen LogP) is 3.65. The number of hydrogen-bond donors (Lipinski definition) is 1. The molecule has 1 heterocycles. The van der Waals surface area contributed by atoms with Crippen LogP contribution in [0, 0.1) is 26.6 Å². The van der Waals surface area contributed by atoms with Crippen molar-refractivity contribution >= 4 is 0 Å². The normalized spacial score (nSPS) is 12.7. The van der Waals surface area contributed by atoms with Crippen molar-refractivity contribution in [1.82, 2.24) is 5.32 Å². The number of nitrogens with one attached hydrogen (secondary N) is 1. The van der Waals surface area contributed by atoms with Gasteiger partial charge >= 0.3 is 0 Å². The third kappa shape index (κ3) is 2.18. The molecular formula is C15H18FNO. The zero-order valence-corrected chi connectivity index (χ0v) is 11.2. The smallest absolute Gasteiger partial charge is 0.128 e. The van der Waals surface area contributed by atoms with Gasteiger partial charge in [0.15, 0.2) is 0 Å². The molecule has 0 saturated heterocycles. The molecule has 2 rings (SSSR count). The lowest BCUT2D eigenvalue weighted by Gasteiger charge is -2.19. The van der Waals surface area contributed by atoms with E-state index in [2.05, 4.69) is 5.32 Å². The summed E-state index contributed by atoms with van der Waals surface area (Å²) in [5.41, 5.74) is 3.55. The van der Waals surface area contributed by atoms with Gasteiger partial charge in [-0.25, -0.2) is 4.39 Å². The monoisotopic (exact) mass is 247 g/mol. The molecule has 0 aliphatic heterocycles. The first-order valence-corrected chi connectivity index (χ1v) is 6.02. The van der Waals surface area contributed by atoms with E-state index in [4.69, 9.17) is 4.42 Å². The van der Waals surface area contributed by atoms with Crippen LogP contribution in [0.3, 0.4) is 0 Å². The van der Waals surface area contributed by atoms with Crippen molar-refractivity contribution in [3.8, 4) is 0 Å². The maximum absolute atomic E-state index is 14.2. The van der Waals surface area contributed by atoms with Gasteiger partial charge in [-0.2, -0.15) is 0 Å². The Bertz CT molecular complexity index is 536. The SMILES string of the molecule is CNC(c1ccoc1C)c1c(C)cc(C)cc1F. The molecule has 0 radical (unpaired) electrons. The lowest BCUT2D eigenvalue weighted by Crippen LogP contribution is -2.20. The number of benzene rings is 1. The zero-order valence-electron chi connectivity index (χ0n) is 11.2. The van der Waals surface area contributed by atoms with Gasteiger partial charge in [0, 0.05) is 11.1 Å². The molecule has 0 bridgehead atoms. The van der Waals surface area contributed by atoms with E-state index >= 15 is 0 Å². The minimum absolute atomic E-state index is 0.174. The van der Waals surface area contributed by atoms with Crippen LogP contribution in [0.1, 0.15) is 34.1 Å². The first kappa shape index (κ1) is 12.8. The van der Waals surface area contributed by atoms with E-state index in [1.165, 1.54) is 0 Å². The quantitative estimate of drug-likeness (QED) is 0.895. The summed E-state index contributed by atoms with van der Waals surface area (Å²) in [6.07, 6.45) is 1.64. The highest BCUT2D eigenvalue weighted by molar-refractivity contribution is 5.40. The molecule has 0 amide bonds. The summed E-state index contributed by atoms with van der Waals surface area (Å²) in [7, 11) is 1.83. The molecule has 1 aromatic carbocycles. The summed E-state index contributed by atoms with van der Waals surface area (Å²) in [5.74, 6) is 0.640. The molecule has 96 valence electrons. The van der Waals surface area contributed by atoms with Crippen molar-refractivity contribution in [3.05, 3.63) is 58.3 Å². The average molecular weight is 247 g/mol. The van der Waals surface area contributed by atoms with E-state index in [0.29, 0.717) is 5.56 Å². The fourth-order valence-corrected chi connectivity index (χ4v) is 2.44. The molecule has 1 aromatic heterocycles. The number of aryl methyl sites for hydroxylation is 3. The van der Waals surface area contributed by atoms with Gasteiger partial charge in [0.1, 0.15) is 11.6 Å². The predicted molar refractivity (Wildman–Crippen MR) is 70.2 cm³/mol. The first-order chi connectivity index (χ1) is 8.54. The number of halogens is 1. The van der Waals surface area contributed by atoms with Crippen LogP contribution in [0.5, 0.6) is 0 Å². The van der Waals surface area contributed by atoms with E-state index in [-0.39, 0.29) is 11.9 Å². The lowest BCUT2D eigenvalue weighted by atomic mass is 9.93. The molecule has 0 saturated carbocycles. The van der Waals surface area contributed by atoms with Crippen LogP contribution < -0.4 is 5.32 Å². The van der Waals surface area contributed by atoms with Crippen molar-refractivity contribution in [3.63, 3.8) is 0 Å². The van der Waals surface area contributed by atoms with Gasteiger partial charge < -0.3 is 9.73 Å². The highest BCUT2D eigenvalue weighted by atomic mass is 19.1. The minimum Gasteiger partial charge on any atom is -0.469 e. The third-order valence-electron chi connectivity index (χ3n) is 3.27. The summed E-state index contributed by atoms with van der Waals surface area (Å²) < 4.78 is 19.5. The molecule has 0 aliphatic carbocycles. The molecule has 0 aliphatic rings. The van der Waals surface area contributed by atoms with Crippen molar-refractivity contribution in [1.29, 1.82) is 0 Å². The number of hydrogen-bond acceptors (Lipinski definition) is 2. The van der Waals surface area contributed by atoms with E-state index in [0.717, 1.165) is 22.5 Å². The van der Waals surface area contributed by atoms with Gasteiger partial charge in [0.2, 0.25) is 0 Å². The molecule has 1 N–H and O–H groups in total. The molecular weight excluding hydrogens is 229 g/mol. The van der Waals surface area contributed by atoms with Gasteiger partial charge in [-0.05, 0) is 51.1 Å². The van der Waals surface area contributed by atoms with Gasteiger partial charge in [-0.1, -0.05) is 6.07 Å². The van der Waals surface area contributed by atoms with Gasteiger partial charge in [-0.3, -0.25) is 0 Å². The summed E-state index contributed by atoms with van der Waals surface area (Å²) in [6.45, 7) is 5.73. The van der Waals surface area contributed by atoms with Crippen molar-refractivity contribution in [2.45, 2.75) is 26.8 Å². The molecule has 0 spiro atoms. The summed E-state index contributed by atoms with van der Waals surface area (Å²) in [6, 6.07) is 5.28. The van der Waals surface area contributed by atoms with Gasteiger partial charge in [0.25, 0.3) is 0 Å². The second kappa shape index (κ2) is 4.94. The highest BCUT2D eigenvalue weighted by Crippen LogP contribution is 2.30. The molecule has 2 aromatic rings. The second-order valence-corrected chi connectivity index (χ2v) is 4.63. The summed E-state index contributed by atoms with van der Waals surface area (Å²) in [5, 5.41) is 3.16. The largest absolute Gasteiger partial charge is 0.469 e. The Morgan fingerprint density at radius 2 is 1.94 bits per heavy atom. The van der Waals surface area contributed by atoms with E-state index in [1.54, 1.807) is 12.3 Å². The molecule has 2 nitrogen and oxygen atoms in total. The third-order valence-corrected chi connectivity index (χ3v) is 3.27. The van der Waals surface area contributed by atoms with Crippen LogP contribution in [-0.4, -0.2) is 7.05 Å². The highest BCUT2D eigenvalue weighted by Gasteiger charge is 2.21. The Kier molecular flexibility index (Phi) is 3.53. The van der Waals surface area contributed by atoms with Crippen LogP contribution in [-0.2, 0) is 0 Å². The van der Waals surface area contributed by atoms with Crippen molar-refractivity contribution in [2.75, 3.05) is 7.05 Å². The van der Waals surface area contributed by atoms with Crippen LogP contribution in [0.25, 0.3) is 0 Å². The summed E-state index contributed by atoms with van der Waals surface area (Å²) >= 11 is 0. The van der Waals surface area contributed by atoms with Crippen LogP contribution in [0.2, 0.25) is 0 Å². The zero-order chi connectivity index (χ0) is 13.3. The fourth-order valence-electron chi connectivity index (χ4n) is 2.44. The van der Waals surface area contributed by atoms with Crippen molar-refractivity contribution < 1.29 is 8.81 Å². The fraction of sp³-hybridized carbons (Fsp3) is 0.333. The average Bonchev–Trinajstić information content (AvgIpc) is 2.69. The van der Waals surface area contributed by atoms with Gasteiger partial charge in [0.05, 0.1) is 12.3 Å². The molecule has 3 heteroatoms.